The number of nitro benzene ring substituents is 1. The molecule has 1 atom stereocenters. The number of hydrogen-bond donors (Lipinski definition) is 2. The molecule has 1 unspecified atom stereocenters. The third kappa shape index (κ3) is 2.80. The predicted octanol–water partition coefficient (Wildman–Crippen LogP) is 2.53. The summed E-state index contributed by atoms with van der Waals surface area (Å²) in [6.07, 6.45) is 0. The summed E-state index contributed by atoms with van der Waals surface area (Å²) in [6, 6.07) is 8.80. The van der Waals surface area contributed by atoms with E-state index in [0.29, 0.717) is 40.1 Å². The van der Waals surface area contributed by atoms with E-state index in [9.17, 15) is 14.9 Å². The molecular formula is C18H16N6O4. The van der Waals surface area contributed by atoms with E-state index in [1.807, 2.05) is 0 Å². The summed E-state index contributed by atoms with van der Waals surface area (Å²) in [4.78, 5) is 26.9. The lowest BCUT2D eigenvalue weighted by molar-refractivity contribution is -0.384. The van der Waals surface area contributed by atoms with Gasteiger partial charge in [-0.1, -0.05) is 0 Å². The molecule has 4 rings (SSSR count). The van der Waals surface area contributed by atoms with Crippen molar-refractivity contribution >= 4 is 17.5 Å². The molecule has 0 saturated carbocycles. The average Bonchev–Trinajstić information content (AvgIpc) is 3.26. The summed E-state index contributed by atoms with van der Waals surface area (Å²) < 4.78 is 7.26. The number of carbonyl (C=O) groups is 1. The van der Waals surface area contributed by atoms with Crippen LogP contribution in [0.2, 0.25) is 0 Å². The summed E-state index contributed by atoms with van der Waals surface area (Å²) in [6.45, 7) is 3.53. The number of fused-ring (bicyclic) bond motifs is 1. The molecule has 3 heterocycles. The van der Waals surface area contributed by atoms with Gasteiger partial charge in [0.2, 0.25) is 11.9 Å². The number of nitrogens with one attached hydrogen (secondary N) is 1. The van der Waals surface area contributed by atoms with Gasteiger partial charge in [-0.25, -0.2) is 4.68 Å². The predicted molar refractivity (Wildman–Crippen MR) is 99.2 cm³/mol. The molecule has 0 aliphatic carbocycles. The number of benzene rings is 1. The van der Waals surface area contributed by atoms with E-state index in [0.717, 1.165) is 0 Å². The Morgan fingerprint density at radius 1 is 1.25 bits per heavy atom. The van der Waals surface area contributed by atoms with Crippen LogP contribution in [-0.2, 0) is 4.79 Å². The van der Waals surface area contributed by atoms with Crippen molar-refractivity contribution in [1.82, 2.24) is 14.8 Å². The topological polar surface area (TPSA) is 142 Å². The first-order valence-corrected chi connectivity index (χ1v) is 8.40. The Kier molecular flexibility index (Phi) is 3.95. The molecule has 3 N–H and O–H groups in total. The number of carbonyl (C=O) groups excluding carboxylic acids is 1. The zero-order chi connectivity index (χ0) is 20.0. The highest BCUT2D eigenvalue weighted by atomic mass is 16.6. The molecule has 142 valence electrons. The van der Waals surface area contributed by atoms with Crippen LogP contribution in [0, 0.1) is 17.0 Å². The van der Waals surface area contributed by atoms with Gasteiger partial charge in [-0.2, -0.15) is 4.98 Å². The molecule has 1 aromatic carbocycles. The van der Waals surface area contributed by atoms with Gasteiger partial charge >= 0.3 is 0 Å². The van der Waals surface area contributed by atoms with Crippen LogP contribution in [0.3, 0.4) is 0 Å². The number of aromatic nitrogens is 3. The number of nitrogens with zero attached hydrogens (tertiary/aromatic N) is 4. The van der Waals surface area contributed by atoms with Gasteiger partial charge in [0.05, 0.1) is 10.5 Å². The van der Waals surface area contributed by atoms with Gasteiger partial charge in [-0.05, 0) is 38.1 Å². The van der Waals surface area contributed by atoms with E-state index in [1.54, 1.807) is 38.1 Å². The lowest BCUT2D eigenvalue weighted by Gasteiger charge is -2.25. The van der Waals surface area contributed by atoms with E-state index in [1.165, 1.54) is 16.8 Å². The third-order valence-electron chi connectivity index (χ3n) is 4.49. The fraction of sp³-hybridized carbons (Fsp3) is 0.167. The zero-order valence-corrected chi connectivity index (χ0v) is 15.0. The molecule has 0 spiro atoms. The minimum Gasteiger partial charge on any atom is -0.464 e. The Hall–Kier alpha value is -3.95. The van der Waals surface area contributed by atoms with E-state index in [-0.39, 0.29) is 5.69 Å². The molecule has 0 fully saturated rings. The van der Waals surface area contributed by atoms with Gasteiger partial charge < -0.3 is 15.5 Å². The minimum absolute atomic E-state index is 0.0247. The molecule has 0 saturated heterocycles. The van der Waals surface area contributed by atoms with E-state index >= 15 is 0 Å². The van der Waals surface area contributed by atoms with Gasteiger partial charge in [0.15, 0.2) is 5.82 Å². The first-order chi connectivity index (χ1) is 13.3. The number of nitro groups is 1. The molecule has 0 bridgehead atoms. The van der Waals surface area contributed by atoms with Crippen molar-refractivity contribution < 1.29 is 14.1 Å². The number of furan rings is 1. The Morgan fingerprint density at radius 3 is 2.54 bits per heavy atom. The summed E-state index contributed by atoms with van der Waals surface area (Å²) in [7, 11) is 0. The molecule has 10 heteroatoms. The van der Waals surface area contributed by atoms with Crippen LogP contribution in [0.4, 0.5) is 11.6 Å². The Bertz CT molecular complexity index is 1130. The van der Waals surface area contributed by atoms with E-state index < -0.39 is 16.9 Å². The number of rotatable bonds is 4. The average molecular weight is 380 g/mol. The first kappa shape index (κ1) is 17.5. The van der Waals surface area contributed by atoms with Gasteiger partial charge in [-0.3, -0.25) is 14.9 Å². The molecule has 10 nitrogen and oxygen atoms in total. The Balaban J connectivity index is 1.82. The van der Waals surface area contributed by atoms with Crippen molar-refractivity contribution in [2.24, 2.45) is 5.73 Å². The second kappa shape index (κ2) is 6.34. The Morgan fingerprint density at radius 2 is 1.96 bits per heavy atom. The van der Waals surface area contributed by atoms with Crippen molar-refractivity contribution in [2.45, 2.75) is 19.9 Å². The smallest absolute Gasteiger partial charge is 0.269 e. The lowest BCUT2D eigenvalue weighted by atomic mass is 10.0. The fourth-order valence-corrected chi connectivity index (χ4v) is 3.19. The normalized spacial score (nSPS) is 15.9. The van der Waals surface area contributed by atoms with Crippen LogP contribution in [0.25, 0.3) is 11.4 Å². The zero-order valence-electron chi connectivity index (χ0n) is 15.0. The molecule has 2 aromatic heterocycles. The number of amides is 1. The number of hydrogen-bond acceptors (Lipinski definition) is 7. The number of anilines is 1. The molecular weight excluding hydrogens is 364 g/mol. The van der Waals surface area contributed by atoms with Gasteiger partial charge in [0.1, 0.15) is 17.6 Å². The number of aryl methyl sites for hydroxylation is 1. The number of non-ortho nitro benzene ring substituents is 1. The SMILES string of the molecule is CC1=C(C(N)=O)C(c2ccc(C)o2)n2nc(-c3ccc([N+](=O)[O-])cc3)nc2N1. The number of allylic oxidation sites excluding steroid dienone is 1. The highest BCUT2D eigenvalue weighted by Crippen LogP contribution is 2.36. The fourth-order valence-electron chi connectivity index (χ4n) is 3.19. The maximum Gasteiger partial charge on any atom is 0.269 e. The standard InChI is InChI=1S/C18H16N6O4/c1-9-3-8-13(28-9)15-14(16(19)25)10(2)20-18-21-17(22-23(15)18)11-4-6-12(7-5-11)24(26)27/h3-8,15H,1-2H3,(H2,19,25)(H,20,21,22). The molecule has 0 radical (unpaired) electrons. The number of nitrogens with two attached hydrogens (primary N) is 1. The minimum atomic E-state index is -0.665. The molecule has 1 amide bonds. The van der Waals surface area contributed by atoms with Crippen LogP contribution < -0.4 is 11.1 Å². The summed E-state index contributed by atoms with van der Waals surface area (Å²) in [5, 5.41) is 18.4. The Labute approximate surface area is 158 Å². The highest BCUT2D eigenvalue weighted by molar-refractivity contribution is 5.95. The van der Waals surface area contributed by atoms with Crippen molar-refractivity contribution in [2.75, 3.05) is 5.32 Å². The summed E-state index contributed by atoms with van der Waals surface area (Å²) >= 11 is 0. The van der Waals surface area contributed by atoms with Gasteiger partial charge in [0.25, 0.3) is 5.69 Å². The monoisotopic (exact) mass is 380 g/mol. The van der Waals surface area contributed by atoms with Gasteiger partial charge in [-0.15, -0.1) is 5.10 Å². The van der Waals surface area contributed by atoms with Crippen molar-refractivity contribution in [3.63, 3.8) is 0 Å². The maximum atomic E-state index is 12.1. The first-order valence-electron chi connectivity index (χ1n) is 8.40. The third-order valence-corrected chi connectivity index (χ3v) is 4.49. The summed E-state index contributed by atoms with van der Waals surface area (Å²) in [5.41, 5.74) is 7.06. The van der Waals surface area contributed by atoms with Crippen LogP contribution in [0.15, 0.2) is 52.1 Å². The molecule has 28 heavy (non-hydrogen) atoms. The van der Waals surface area contributed by atoms with E-state index in [4.69, 9.17) is 10.2 Å². The molecule has 1 aliphatic rings. The van der Waals surface area contributed by atoms with Gasteiger partial charge in [0, 0.05) is 23.4 Å². The molecule has 1 aliphatic heterocycles. The number of primary amides is 1. The van der Waals surface area contributed by atoms with Crippen molar-refractivity contribution in [1.29, 1.82) is 0 Å². The van der Waals surface area contributed by atoms with Crippen LogP contribution in [0.5, 0.6) is 0 Å². The van der Waals surface area contributed by atoms with Crippen molar-refractivity contribution in [3.05, 3.63) is 69.3 Å². The quantitative estimate of drug-likeness (QED) is 0.523. The molecule has 3 aromatic rings. The highest BCUT2D eigenvalue weighted by Gasteiger charge is 2.35. The lowest BCUT2D eigenvalue weighted by Crippen LogP contribution is -2.31. The second-order valence-corrected chi connectivity index (χ2v) is 6.39. The summed E-state index contributed by atoms with van der Waals surface area (Å²) in [5.74, 6) is 1.36. The second-order valence-electron chi connectivity index (χ2n) is 6.39. The van der Waals surface area contributed by atoms with E-state index in [2.05, 4.69) is 15.4 Å². The van der Waals surface area contributed by atoms with Crippen LogP contribution in [0.1, 0.15) is 24.5 Å². The maximum absolute atomic E-state index is 12.1. The van der Waals surface area contributed by atoms with Crippen LogP contribution in [-0.4, -0.2) is 25.6 Å². The van der Waals surface area contributed by atoms with Crippen LogP contribution >= 0.6 is 0 Å². The largest absolute Gasteiger partial charge is 0.464 e. The van der Waals surface area contributed by atoms with Crippen molar-refractivity contribution in [3.8, 4) is 11.4 Å².